The molecule has 0 aliphatic rings. The summed E-state index contributed by atoms with van der Waals surface area (Å²) in [6.45, 7) is 1.45. The first-order chi connectivity index (χ1) is 13.5. The van der Waals surface area contributed by atoms with E-state index in [0.717, 1.165) is 15.8 Å². The highest BCUT2D eigenvalue weighted by Gasteiger charge is 2.15. The van der Waals surface area contributed by atoms with Gasteiger partial charge in [0.05, 0.1) is 10.2 Å². The lowest BCUT2D eigenvalue weighted by Crippen LogP contribution is -2.10. The zero-order valence-corrected chi connectivity index (χ0v) is 16.2. The summed E-state index contributed by atoms with van der Waals surface area (Å²) in [7, 11) is 0. The van der Waals surface area contributed by atoms with Crippen LogP contribution < -0.4 is 10.6 Å². The fraction of sp³-hybridized carbons (Fsp3) is 0.0500. The second kappa shape index (κ2) is 7.46. The highest BCUT2D eigenvalue weighted by atomic mass is 35.5. The molecule has 4 aromatic rings. The van der Waals surface area contributed by atoms with Gasteiger partial charge < -0.3 is 9.73 Å². The van der Waals surface area contributed by atoms with Crippen molar-refractivity contribution in [3.63, 3.8) is 0 Å². The molecule has 0 saturated carbocycles. The number of benzene rings is 2. The molecule has 2 aromatic heterocycles. The molecule has 0 radical (unpaired) electrons. The lowest BCUT2D eigenvalue weighted by Gasteiger charge is -1.99. The molecule has 8 heteroatoms. The first-order valence-corrected chi connectivity index (χ1v) is 9.53. The van der Waals surface area contributed by atoms with Crippen molar-refractivity contribution in [1.29, 1.82) is 0 Å². The van der Waals surface area contributed by atoms with Crippen LogP contribution in [0.5, 0.6) is 0 Å². The summed E-state index contributed by atoms with van der Waals surface area (Å²) >= 11 is 7.31. The molecule has 2 heterocycles. The molecule has 0 aliphatic carbocycles. The zero-order valence-electron chi connectivity index (χ0n) is 14.7. The molecule has 0 unspecified atom stereocenters. The predicted molar refractivity (Wildman–Crippen MR) is 111 cm³/mol. The van der Waals surface area contributed by atoms with Gasteiger partial charge in [0.1, 0.15) is 5.76 Å². The van der Waals surface area contributed by atoms with Crippen molar-refractivity contribution < 1.29 is 14.0 Å². The fourth-order valence-corrected chi connectivity index (χ4v) is 3.77. The van der Waals surface area contributed by atoms with E-state index in [2.05, 4.69) is 15.6 Å². The average molecular weight is 412 g/mol. The van der Waals surface area contributed by atoms with E-state index in [-0.39, 0.29) is 11.7 Å². The molecule has 0 atom stereocenters. The Morgan fingerprint density at radius 1 is 1.07 bits per heavy atom. The monoisotopic (exact) mass is 411 g/mol. The maximum atomic E-state index is 12.5. The molecule has 2 amide bonds. The number of thiazole rings is 1. The summed E-state index contributed by atoms with van der Waals surface area (Å²) in [4.78, 5) is 28.1. The number of fused-ring (bicyclic) bond motifs is 1. The van der Waals surface area contributed by atoms with Crippen LogP contribution in [0.4, 0.5) is 10.8 Å². The van der Waals surface area contributed by atoms with Crippen LogP contribution in [0.15, 0.2) is 59.0 Å². The van der Waals surface area contributed by atoms with Gasteiger partial charge in [-0.1, -0.05) is 35.1 Å². The SMILES string of the molecule is CC(=O)Nc1ccc2nc(NC(=O)c3ccc(-c4cccc(Cl)c4)o3)sc2c1. The third-order valence-corrected chi connectivity index (χ3v) is 5.04. The average Bonchev–Trinajstić information content (AvgIpc) is 3.27. The van der Waals surface area contributed by atoms with Crippen molar-refractivity contribution in [3.8, 4) is 11.3 Å². The predicted octanol–water partition coefficient (Wildman–Crippen LogP) is 5.42. The topological polar surface area (TPSA) is 84.2 Å². The Bertz CT molecular complexity index is 1200. The quantitative estimate of drug-likeness (QED) is 0.469. The largest absolute Gasteiger partial charge is 0.451 e. The van der Waals surface area contributed by atoms with Crippen LogP contribution in [0.1, 0.15) is 17.5 Å². The number of aromatic nitrogens is 1. The first-order valence-electron chi connectivity index (χ1n) is 8.33. The van der Waals surface area contributed by atoms with Crippen molar-refractivity contribution in [2.75, 3.05) is 10.6 Å². The van der Waals surface area contributed by atoms with Crippen LogP contribution in [0.3, 0.4) is 0 Å². The van der Waals surface area contributed by atoms with Crippen LogP contribution in [-0.2, 0) is 4.79 Å². The lowest BCUT2D eigenvalue weighted by molar-refractivity contribution is -0.114. The molecule has 0 fully saturated rings. The summed E-state index contributed by atoms with van der Waals surface area (Å²) in [6.07, 6.45) is 0. The summed E-state index contributed by atoms with van der Waals surface area (Å²) in [5.41, 5.74) is 2.20. The second-order valence-electron chi connectivity index (χ2n) is 6.01. The number of halogens is 1. The van der Waals surface area contributed by atoms with Gasteiger partial charge in [-0.2, -0.15) is 0 Å². The number of anilines is 2. The van der Waals surface area contributed by atoms with Crippen LogP contribution in [0.25, 0.3) is 21.5 Å². The molecule has 2 N–H and O–H groups in total. The molecular weight excluding hydrogens is 398 g/mol. The van der Waals surface area contributed by atoms with E-state index in [1.54, 1.807) is 36.4 Å². The molecule has 0 bridgehead atoms. The molecule has 140 valence electrons. The third-order valence-electron chi connectivity index (χ3n) is 3.87. The Balaban J connectivity index is 1.53. The van der Waals surface area contributed by atoms with E-state index in [0.29, 0.717) is 21.6 Å². The van der Waals surface area contributed by atoms with Crippen molar-refractivity contribution in [1.82, 2.24) is 4.98 Å². The minimum Gasteiger partial charge on any atom is -0.451 e. The zero-order chi connectivity index (χ0) is 19.7. The highest BCUT2D eigenvalue weighted by molar-refractivity contribution is 7.22. The Kier molecular flexibility index (Phi) is 4.85. The lowest BCUT2D eigenvalue weighted by atomic mass is 10.2. The molecule has 6 nitrogen and oxygen atoms in total. The van der Waals surface area contributed by atoms with Gasteiger partial charge in [0.15, 0.2) is 10.9 Å². The maximum absolute atomic E-state index is 12.5. The van der Waals surface area contributed by atoms with Crippen molar-refractivity contribution in [3.05, 3.63) is 65.4 Å². The number of carbonyl (C=O) groups excluding carboxylic acids is 2. The number of nitrogens with zero attached hydrogens (tertiary/aromatic N) is 1. The standard InChI is InChI=1S/C20H14ClN3O3S/c1-11(25)22-14-5-6-15-18(10-14)28-20(23-15)24-19(26)17-8-7-16(27-17)12-3-2-4-13(21)9-12/h2-10H,1H3,(H,22,25)(H,23,24,26). The number of nitrogens with one attached hydrogen (secondary N) is 2. The normalized spacial score (nSPS) is 10.8. The maximum Gasteiger partial charge on any atom is 0.293 e. The third kappa shape index (κ3) is 3.90. The van der Waals surface area contributed by atoms with Gasteiger partial charge in [-0.25, -0.2) is 4.98 Å². The number of hydrogen-bond acceptors (Lipinski definition) is 5. The smallest absolute Gasteiger partial charge is 0.293 e. The highest BCUT2D eigenvalue weighted by Crippen LogP contribution is 2.29. The van der Waals surface area contributed by atoms with Gasteiger partial charge in [0, 0.05) is 23.2 Å². The Morgan fingerprint density at radius 2 is 1.93 bits per heavy atom. The van der Waals surface area contributed by atoms with Crippen LogP contribution in [-0.4, -0.2) is 16.8 Å². The molecular formula is C20H14ClN3O3S. The molecule has 0 spiro atoms. The second-order valence-corrected chi connectivity index (χ2v) is 7.48. The van der Waals surface area contributed by atoms with E-state index < -0.39 is 5.91 Å². The van der Waals surface area contributed by atoms with Gasteiger partial charge in [-0.15, -0.1) is 0 Å². The number of amides is 2. The summed E-state index contributed by atoms with van der Waals surface area (Å²) < 4.78 is 6.50. The molecule has 28 heavy (non-hydrogen) atoms. The fourth-order valence-electron chi connectivity index (χ4n) is 2.67. The Labute approximate surface area is 169 Å². The Hall–Kier alpha value is -3.16. The van der Waals surface area contributed by atoms with Crippen molar-refractivity contribution in [2.24, 2.45) is 0 Å². The van der Waals surface area contributed by atoms with E-state index in [1.807, 2.05) is 18.2 Å². The van der Waals surface area contributed by atoms with Gasteiger partial charge in [-0.3, -0.25) is 14.9 Å². The molecule has 0 aliphatic heterocycles. The van der Waals surface area contributed by atoms with E-state index in [1.165, 1.54) is 18.3 Å². The summed E-state index contributed by atoms with van der Waals surface area (Å²) in [6, 6.07) is 15.9. The number of furan rings is 1. The van der Waals surface area contributed by atoms with Crippen LogP contribution in [0, 0.1) is 0 Å². The Morgan fingerprint density at radius 3 is 2.71 bits per heavy atom. The number of rotatable bonds is 4. The molecule has 2 aromatic carbocycles. The number of carbonyl (C=O) groups is 2. The van der Waals surface area contributed by atoms with Crippen LogP contribution in [0.2, 0.25) is 5.02 Å². The minimum atomic E-state index is -0.394. The van der Waals surface area contributed by atoms with Crippen LogP contribution >= 0.6 is 22.9 Å². The molecule has 4 rings (SSSR count). The molecule has 0 saturated heterocycles. The van der Waals surface area contributed by atoms with Gasteiger partial charge in [0.25, 0.3) is 5.91 Å². The van der Waals surface area contributed by atoms with Gasteiger partial charge >= 0.3 is 0 Å². The number of hydrogen-bond donors (Lipinski definition) is 2. The summed E-state index contributed by atoms with van der Waals surface area (Å²) in [5.74, 6) is 0.185. The van der Waals surface area contributed by atoms with E-state index in [4.69, 9.17) is 16.0 Å². The van der Waals surface area contributed by atoms with Gasteiger partial charge in [-0.05, 0) is 42.5 Å². The van der Waals surface area contributed by atoms with Gasteiger partial charge in [0.2, 0.25) is 5.91 Å². The van der Waals surface area contributed by atoms with Crippen molar-refractivity contribution in [2.45, 2.75) is 6.92 Å². The first kappa shape index (κ1) is 18.2. The summed E-state index contributed by atoms with van der Waals surface area (Å²) in [5, 5.41) is 6.50. The van der Waals surface area contributed by atoms with E-state index in [9.17, 15) is 9.59 Å². The van der Waals surface area contributed by atoms with E-state index >= 15 is 0 Å². The minimum absolute atomic E-state index is 0.147. The van der Waals surface area contributed by atoms with Crippen molar-refractivity contribution >= 4 is 55.8 Å².